The highest BCUT2D eigenvalue weighted by molar-refractivity contribution is 9.10. The van der Waals surface area contributed by atoms with Gasteiger partial charge in [0.25, 0.3) is 17.1 Å². The van der Waals surface area contributed by atoms with E-state index >= 15 is 0 Å². The maximum atomic E-state index is 12.4. The van der Waals surface area contributed by atoms with Gasteiger partial charge in [0.2, 0.25) is 0 Å². The molecule has 0 atom stereocenters. The number of carbonyl (C=O) groups excluding carboxylic acids is 3. The van der Waals surface area contributed by atoms with Crippen molar-refractivity contribution in [2.75, 3.05) is 13.1 Å². The van der Waals surface area contributed by atoms with Crippen LogP contribution >= 0.6 is 27.7 Å². The maximum absolute atomic E-state index is 12.4. The Bertz CT molecular complexity index is 906. The maximum Gasteiger partial charge on any atom is 0.293 e. The van der Waals surface area contributed by atoms with Gasteiger partial charge in [0.15, 0.2) is 5.76 Å². The van der Waals surface area contributed by atoms with Crippen LogP contribution in [0.2, 0.25) is 0 Å². The van der Waals surface area contributed by atoms with Crippen LogP contribution in [0.5, 0.6) is 0 Å². The highest BCUT2D eigenvalue weighted by Gasteiger charge is 2.34. The van der Waals surface area contributed by atoms with Crippen molar-refractivity contribution < 1.29 is 18.8 Å². The summed E-state index contributed by atoms with van der Waals surface area (Å²) < 4.78 is 6.12. The average molecular weight is 435 g/mol. The third kappa shape index (κ3) is 4.25. The molecule has 0 radical (unpaired) electrons. The van der Waals surface area contributed by atoms with Gasteiger partial charge in [-0.15, -0.1) is 0 Å². The number of amides is 3. The Morgan fingerprint density at radius 2 is 2.12 bits per heavy atom. The fraction of sp³-hybridized carbons (Fsp3) is 0.167. The Hall–Kier alpha value is -2.32. The minimum absolute atomic E-state index is 0.103. The molecule has 134 valence electrons. The summed E-state index contributed by atoms with van der Waals surface area (Å²) in [4.78, 5) is 37.9. The number of hydrogen-bond donors (Lipinski definition) is 1. The first-order chi connectivity index (χ1) is 12.4. The zero-order valence-electron chi connectivity index (χ0n) is 13.8. The predicted octanol–water partition coefficient (Wildman–Crippen LogP) is 3.82. The van der Waals surface area contributed by atoms with Crippen LogP contribution in [0.25, 0.3) is 6.08 Å². The third-order valence-electron chi connectivity index (χ3n) is 3.61. The van der Waals surface area contributed by atoms with Crippen molar-refractivity contribution in [3.8, 4) is 0 Å². The smallest absolute Gasteiger partial charge is 0.293 e. The molecule has 1 saturated heterocycles. The highest BCUT2D eigenvalue weighted by atomic mass is 79.9. The molecule has 1 fully saturated rings. The van der Waals surface area contributed by atoms with Crippen molar-refractivity contribution in [2.24, 2.45) is 0 Å². The Kier molecular flexibility index (Phi) is 5.63. The largest absolute Gasteiger partial charge is 0.456 e. The lowest BCUT2D eigenvalue weighted by molar-refractivity contribution is -0.122. The molecule has 2 heterocycles. The van der Waals surface area contributed by atoms with Crippen molar-refractivity contribution in [3.63, 3.8) is 0 Å². The molecule has 6 nitrogen and oxygen atoms in total. The Labute approximate surface area is 162 Å². The lowest BCUT2D eigenvalue weighted by atomic mass is 10.2. The summed E-state index contributed by atoms with van der Waals surface area (Å²) in [6.45, 7) is 2.00. The lowest BCUT2D eigenvalue weighted by Gasteiger charge is -2.12. The number of thioether (sulfide) groups is 1. The molecular weight excluding hydrogens is 420 g/mol. The molecule has 1 aliphatic rings. The van der Waals surface area contributed by atoms with Gasteiger partial charge in [0.05, 0.1) is 4.91 Å². The third-order valence-corrected chi connectivity index (χ3v) is 5.01. The zero-order chi connectivity index (χ0) is 18.7. The summed E-state index contributed by atoms with van der Waals surface area (Å²) >= 11 is 4.27. The molecule has 1 aliphatic heterocycles. The van der Waals surface area contributed by atoms with Gasteiger partial charge in [-0.05, 0) is 54.6 Å². The number of rotatable bonds is 5. The van der Waals surface area contributed by atoms with Crippen LogP contribution in [0.1, 0.15) is 21.9 Å². The Balaban J connectivity index is 1.60. The minimum Gasteiger partial charge on any atom is -0.456 e. The van der Waals surface area contributed by atoms with Gasteiger partial charge < -0.3 is 9.73 Å². The van der Waals surface area contributed by atoms with Crippen molar-refractivity contribution in [1.82, 2.24) is 10.2 Å². The molecular formula is C18H15BrN2O4S. The van der Waals surface area contributed by atoms with E-state index < -0.39 is 0 Å². The van der Waals surface area contributed by atoms with Gasteiger partial charge >= 0.3 is 0 Å². The zero-order valence-corrected chi connectivity index (χ0v) is 16.2. The van der Waals surface area contributed by atoms with E-state index in [-0.39, 0.29) is 35.9 Å². The van der Waals surface area contributed by atoms with Gasteiger partial charge in [-0.25, -0.2) is 0 Å². The summed E-state index contributed by atoms with van der Waals surface area (Å²) in [5.41, 5.74) is 0.825. The second-order valence-electron chi connectivity index (χ2n) is 5.55. The first-order valence-electron chi connectivity index (χ1n) is 7.79. The van der Waals surface area contributed by atoms with Gasteiger partial charge in [-0.1, -0.05) is 28.1 Å². The molecule has 0 bridgehead atoms. The summed E-state index contributed by atoms with van der Waals surface area (Å²) in [7, 11) is 0. The van der Waals surface area contributed by atoms with Crippen LogP contribution in [-0.2, 0) is 4.79 Å². The molecule has 3 rings (SSSR count). The fourth-order valence-corrected chi connectivity index (χ4v) is 3.65. The number of imide groups is 1. The second-order valence-corrected chi connectivity index (χ2v) is 7.46. The summed E-state index contributed by atoms with van der Waals surface area (Å²) in [6.07, 6.45) is 1.68. The summed E-state index contributed by atoms with van der Waals surface area (Å²) in [6, 6.07) is 10.7. The molecule has 1 N–H and O–H groups in total. The van der Waals surface area contributed by atoms with E-state index in [1.54, 1.807) is 25.1 Å². The van der Waals surface area contributed by atoms with E-state index in [4.69, 9.17) is 4.42 Å². The summed E-state index contributed by atoms with van der Waals surface area (Å²) in [5.74, 6) is 0.0998. The number of aryl methyl sites for hydroxylation is 1. The van der Waals surface area contributed by atoms with Gasteiger partial charge in [-0.2, -0.15) is 0 Å². The van der Waals surface area contributed by atoms with Crippen LogP contribution in [-0.4, -0.2) is 35.0 Å². The fourth-order valence-electron chi connectivity index (χ4n) is 2.37. The molecule has 2 aromatic rings. The number of benzene rings is 1. The van der Waals surface area contributed by atoms with Crippen LogP contribution in [0.15, 0.2) is 50.2 Å². The molecule has 8 heteroatoms. The molecule has 0 unspecified atom stereocenters. The number of hydrogen-bond acceptors (Lipinski definition) is 5. The quantitative estimate of drug-likeness (QED) is 0.723. The standard InChI is InChI=1S/C18H15BrN2O4S/c1-11-5-6-14(25-11)16(22)20-7-8-21-17(23)15(26-18(21)24)10-12-3-2-4-13(19)9-12/h2-6,9-10H,7-8H2,1H3,(H,20,22). The van der Waals surface area contributed by atoms with E-state index in [0.717, 1.165) is 26.7 Å². The minimum atomic E-state index is -0.380. The normalized spacial score (nSPS) is 15.8. The van der Waals surface area contributed by atoms with E-state index in [9.17, 15) is 14.4 Å². The SMILES string of the molecule is Cc1ccc(C(=O)NCCN2C(=O)SC(=Cc3cccc(Br)c3)C2=O)o1. The average Bonchev–Trinajstić information content (AvgIpc) is 3.13. The number of nitrogens with one attached hydrogen (secondary N) is 1. The highest BCUT2D eigenvalue weighted by Crippen LogP contribution is 2.32. The molecule has 3 amide bonds. The second kappa shape index (κ2) is 7.92. The van der Waals surface area contributed by atoms with E-state index in [0.29, 0.717) is 10.7 Å². The van der Waals surface area contributed by atoms with Gasteiger partial charge in [-0.3, -0.25) is 19.3 Å². The van der Waals surface area contributed by atoms with Crippen molar-refractivity contribution in [1.29, 1.82) is 0 Å². The Morgan fingerprint density at radius 1 is 1.31 bits per heavy atom. The van der Waals surface area contributed by atoms with Gasteiger partial charge in [0.1, 0.15) is 5.76 Å². The molecule has 0 aliphatic carbocycles. The monoisotopic (exact) mass is 434 g/mol. The molecule has 0 spiro atoms. The molecule has 1 aromatic heterocycles. The summed E-state index contributed by atoms with van der Waals surface area (Å²) in [5, 5.41) is 2.29. The van der Waals surface area contributed by atoms with Crippen LogP contribution < -0.4 is 5.32 Å². The molecule has 26 heavy (non-hydrogen) atoms. The predicted molar refractivity (Wildman–Crippen MR) is 103 cm³/mol. The van der Waals surface area contributed by atoms with Crippen LogP contribution in [0.3, 0.4) is 0 Å². The number of carbonyl (C=O) groups is 3. The van der Waals surface area contributed by atoms with Crippen molar-refractivity contribution in [2.45, 2.75) is 6.92 Å². The number of furan rings is 1. The van der Waals surface area contributed by atoms with Crippen molar-refractivity contribution in [3.05, 3.63) is 62.9 Å². The van der Waals surface area contributed by atoms with Crippen LogP contribution in [0.4, 0.5) is 4.79 Å². The number of halogens is 1. The van der Waals surface area contributed by atoms with E-state index in [1.807, 2.05) is 24.3 Å². The lowest BCUT2D eigenvalue weighted by Crippen LogP contribution is -2.37. The number of nitrogens with zero attached hydrogens (tertiary/aromatic N) is 1. The van der Waals surface area contributed by atoms with Crippen LogP contribution in [0, 0.1) is 6.92 Å². The molecule has 1 aromatic carbocycles. The first kappa shape index (κ1) is 18.5. The van der Waals surface area contributed by atoms with Gasteiger partial charge in [0, 0.05) is 17.6 Å². The molecule has 0 saturated carbocycles. The van der Waals surface area contributed by atoms with E-state index in [1.165, 1.54) is 0 Å². The first-order valence-corrected chi connectivity index (χ1v) is 9.40. The van der Waals surface area contributed by atoms with Crippen molar-refractivity contribution >= 4 is 50.8 Å². The topological polar surface area (TPSA) is 79.6 Å². The van der Waals surface area contributed by atoms with E-state index in [2.05, 4.69) is 21.2 Å². The Morgan fingerprint density at radius 3 is 2.81 bits per heavy atom.